The highest BCUT2D eigenvalue weighted by atomic mass is 32.2. The first-order chi connectivity index (χ1) is 6.53. The lowest BCUT2D eigenvalue weighted by molar-refractivity contribution is 0.582. The molecule has 1 rings (SSSR count). The maximum Gasteiger partial charge on any atom is 0.211 e. The van der Waals surface area contributed by atoms with E-state index in [1.807, 2.05) is 31.2 Å². The number of rotatable bonds is 4. The molecule has 0 unspecified atom stereocenters. The van der Waals surface area contributed by atoms with Crippen molar-refractivity contribution in [3.63, 3.8) is 0 Å². The molecule has 78 valence electrons. The number of nitrogens with one attached hydrogen (secondary N) is 1. The van der Waals surface area contributed by atoms with E-state index in [9.17, 15) is 8.42 Å². The van der Waals surface area contributed by atoms with Gasteiger partial charge in [-0.25, -0.2) is 13.1 Å². The number of benzene rings is 1. The Kier molecular flexibility index (Phi) is 3.66. The van der Waals surface area contributed by atoms with Crippen LogP contribution in [-0.2, 0) is 16.6 Å². The summed E-state index contributed by atoms with van der Waals surface area (Å²) >= 11 is 0. The lowest BCUT2D eigenvalue weighted by Gasteiger charge is -2.04. The van der Waals surface area contributed by atoms with Crippen molar-refractivity contribution in [2.75, 3.05) is 5.75 Å². The summed E-state index contributed by atoms with van der Waals surface area (Å²) in [6, 6.07) is 7.78. The Morgan fingerprint density at radius 1 is 1.21 bits per heavy atom. The van der Waals surface area contributed by atoms with E-state index in [2.05, 4.69) is 4.72 Å². The summed E-state index contributed by atoms with van der Waals surface area (Å²) < 4.78 is 24.8. The average Bonchev–Trinajstić information content (AvgIpc) is 2.17. The topological polar surface area (TPSA) is 46.2 Å². The summed E-state index contributed by atoms with van der Waals surface area (Å²) in [5.74, 6) is 0.124. The van der Waals surface area contributed by atoms with Crippen molar-refractivity contribution < 1.29 is 8.42 Å². The fraction of sp³-hybridized carbons (Fsp3) is 0.400. The van der Waals surface area contributed by atoms with Gasteiger partial charge in [-0.1, -0.05) is 29.8 Å². The Labute approximate surface area is 85.2 Å². The second kappa shape index (κ2) is 4.57. The highest BCUT2D eigenvalue weighted by Gasteiger charge is 2.04. The molecule has 0 aromatic heterocycles. The predicted molar refractivity (Wildman–Crippen MR) is 57.5 cm³/mol. The van der Waals surface area contributed by atoms with Crippen molar-refractivity contribution in [1.29, 1.82) is 0 Å². The summed E-state index contributed by atoms with van der Waals surface area (Å²) in [5, 5.41) is 0. The molecule has 0 radical (unpaired) electrons. The van der Waals surface area contributed by atoms with Crippen LogP contribution in [0.5, 0.6) is 0 Å². The van der Waals surface area contributed by atoms with Gasteiger partial charge in [-0.15, -0.1) is 0 Å². The van der Waals surface area contributed by atoms with E-state index in [1.54, 1.807) is 6.92 Å². The SMILES string of the molecule is CCS(=O)(=O)NCc1ccc(C)cc1. The summed E-state index contributed by atoms with van der Waals surface area (Å²) in [6.45, 7) is 3.99. The van der Waals surface area contributed by atoms with Crippen molar-refractivity contribution in [3.8, 4) is 0 Å². The molecular formula is C10H15NO2S. The van der Waals surface area contributed by atoms with Crippen LogP contribution in [0.25, 0.3) is 0 Å². The van der Waals surface area contributed by atoms with Crippen molar-refractivity contribution in [2.45, 2.75) is 20.4 Å². The number of sulfonamides is 1. The normalized spacial score (nSPS) is 11.6. The van der Waals surface area contributed by atoms with E-state index in [0.717, 1.165) is 5.56 Å². The van der Waals surface area contributed by atoms with E-state index in [1.165, 1.54) is 5.56 Å². The van der Waals surface area contributed by atoms with Gasteiger partial charge in [0, 0.05) is 6.54 Å². The summed E-state index contributed by atoms with van der Waals surface area (Å²) in [7, 11) is -3.08. The highest BCUT2D eigenvalue weighted by molar-refractivity contribution is 7.89. The van der Waals surface area contributed by atoms with E-state index >= 15 is 0 Å². The molecule has 14 heavy (non-hydrogen) atoms. The second-order valence-electron chi connectivity index (χ2n) is 3.21. The van der Waals surface area contributed by atoms with Crippen LogP contribution >= 0.6 is 0 Å². The molecular weight excluding hydrogens is 198 g/mol. The summed E-state index contributed by atoms with van der Waals surface area (Å²) in [5.41, 5.74) is 2.15. The van der Waals surface area contributed by atoms with Gasteiger partial charge in [0.05, 0.1) is 5.75 Å². The number of hydrogen-bond acceptors (Lipinski definition) is 2. The van der Waals surface area contributed by atoms with Crippen LogP contribution < -0.4 is 4.72 Å². The van der Waals surface area contributed by atoms with Crippen LogP contribution in [0.1, 0.15) is 18.1 Å². The molecule has 0 amide bonds. The molecule has 0 atom stereocenters. The van der Waals surface area contributed by atoms with Gasteiger partial charge in [-0.3, -0.25) is 0 Å². The molecule has 4 heteroatoms. The van der Waals surface area contributed by atoms with E-state index in [0.29, 0.717) is 6.54 Å². The van der Waals surface area contributed by atoms with Gasteiger partial charge in [0.25, 0.3) is 0 Å². The van der Waals surface area contributed by atoms with Gasteiger partial charge in [-0.2, -0.15) is 0 Å². The minimum atomic E-state index is -3.08. The van der Waals surface area contributed by atoms with Crippen molar-refractivity contribution in [3.05, 3.63) is 35.4 Å². The van der Waals surface area contributed by atoms with Crippen LogP contribution in [0.15, 0.2) is 24.3 Å². The zero-order chi connectivity index (χ0) is 10.6. The Hall–Kier alpha value is -0.870. The lowest BCUT2D eigenvalue weighted by atomic mass is 10.2. The van der Waals surface area contributed by atoms with E-state index in [-0.39, 0.29) is 5.75 Å². The molecule has 0 spiro atoms. The van der Waals surface area contributed by atoms with Gasteiger partial charge in [0.1, 0.15) is 0 Å². The zero-order valence-electron chi connectivity index (χ0n) is 8.45. The van der Waals surface area contributed by atoms with Crippen LogP contribution in [0.3, 0.4) is 0 Å². The van der Waals surface area contributed by atoms with Crippen molar-refractivity contribution in [1.82, 2.24) is 4.72 Å². The molecule has 0 heterocycles. The molecule has 3 nitrogen and oxygen atoms in total. The molecule has 1 aromatic rings. The summed E-state index contributed by atoms with van der Waals surface area (Å²) in [6.07, 6.45) is 0. The minimum absolute atomic E-state index is 0.124. The smallest absolute Gasteiger partial charge is 0.211 e. The number of aryl methyl sites for hydroxylation is 1. The first-order valence-corrected chi connectivity index (χ1v) is 6.21. The number of hydrogen-bond donors (Lipinski definition) is 1. The standard InChI is InChI=1S/C10H15NO2S/c1-3-14(12,13)11-8-10-6-4-9(2)5-7-10/h4-7,11H,3,8H2,1-2H3. The highest BCUT2D eigenvalue weighted by Crippen LogP contribution is 2.02. The molecule has 0 aliphatic heterocycles. The van der Waals surface area contributed by atoms with E-state index in [4.69, 9.17) is 0 Å². The van der Waals surface area contributed by atoms with E-state index < -0.39 is 10.0 Å². The molecule has 0 saturated carbocycles. The largest absolute Gasteiger partial charge is 0.212 e. The maximum absolute atomic E-state index is 11.1. The molecule has 0 bridgehead atoms. The van der Waals surface area contributed by atoms with Crippen LogP contribution in [0, 0.1) is 6.92 Å². The minimum Gasteiger partial charge on any atom is -0.212 e. The zero-order valence-corrected chi connectivity index (χ0v) is 9.26. The first-order valence-electron chi connectivity index (χ1n) is 4.56. The maximum atomic E-state index is 11.1. The molecule has 0 aliphatic carbocycles. The predicted octanol–water partition coefficient (Wildman–Crippen LogP) is 1.43. The Morgan fingerprint density at radius 3 is 2.29 bits per heavy atom. The lowest BCUT2D eigenvalue weighted by Crippen LogP contribution is -2.24. The quantitative estimate of drug-likeness (QED) is 0.822. The fourth-order valence-corrected chi connectivity index (χ4v) is 1.59. The monoisotopic (exact) mass is 213 g/mol. The second-order valence-corrected chi connectivity index (χ2v) is 5.31. The Balaban J connectivity index is 2.59. The summed E-state index contributed by atoms with van der Waals surface area (Å²) in [4.78, 5) is 0. The average molecular weight is 213 g/mol. The van der Waals surface area contributed by atoms with Crippen molar-refractivity contribution in [2.24, 2.45) is 0 Å². The third-order valence-corrected chi connectivity index (χ3v) is 3.34. The van der Waals surface area contributed by atoms with Gasteiger partial charge in [-0.05, 0) is 19.4 Å². The van der Waals surface area contributed by atoms with Gasteiger partial charge < -0.3 is 0 Å². The Bertz CT molecular complexity index is 381. The van der Waals surface area contributed by atoms with Crippen LogP contribution in [0.2, 0.25) is 0 Å². The molecule has 0 aliphatic rings. The Morgan fingerprint density at radius 2 is 1.79 bits per heavy atom. The fourth-order valence-electron chi connectivity index (χ4n) is 1.00. The molecule has 1 aromatic carbocycles. The van der Waals surface area contributed by atoms with Gasteiger partial charge in [0.2, 0.25) is 10.0 Å². The van der Waals surface area contributed by atoms with Crippen LogP contribution in [-0.4, -0.2) is 14.2 Å². The van der Waals surface area contributed by atoms with Gasteiger partial charge in [0.15, 0.2) is 0 Å². The molecule has 0 saturated heterocycles. The third-order valence-electron chi connectivity index (χ3n) is 2.00. The van der Waals surface area contributed by atoms with Crippen molar-refractivity contribution >= 4 is 10.0 Å². The first kappa shape index (κ1) is 11.2. The van der Waals surface area contributed by atoms with Gasteiger partial charge >= 0.3 is 0 Å². The molecule has 0 fully saturated rings. The third kappa shape index (κ3) is 3.47. The molecule has 1 N–H and O–H groups in total. The van der Waals surface area contributed by atoms with Crippen LogP contribution in [0.4, 0.5) is 0 Å².